The lowest BCUT2D eigenvalue weighted by Gasteiger charge is -2.19. The van der Waals surface area contributed by atoms with Gasteiger partial charge in [0.15, 0.2) is 0 Å². The molecule has 2 atom stereocenters. The maximum absolute atomic E-state index is 13.9. The van der Waals surface area contributed by atoms with Crippen LogP contribution >= 0.6 is 22.9 Å². The molecule has 1 aliphatic heterocycles. The summed E-state index contributed by atoms with van der Waals surface area (Å²) >= 11 is 7.44. The molecule has 124 valence electrons. The van der Waals surface area contributed by atoms with Crippen molar-refractivity contribution in [3.8, 4) is 0 Å². The molecule has 0 bridgehead atoms. The molecule has 2 heterocycles. The number of hydrogen-bond acceptors (Lipinski definition) is 4. The molecule has 0 saturated carbocycles. The SMILES string of the molecule is CCO[C@H]1CN(C)C[C@@H]1NC(=O)c1sc2cccc(F)c2c1Cl. The first kappa shape index (κ1) is 16.6. The third kappa shape index (κ3) is 3.21. The molecular weight excluding hydrogens is 339 g/mol. The lowest BCUT2D eigenvalue weighted by molar-refractivity contribution is 0.0514. The first-order chi connectivity index (χ1) is 11.0. The first-order valence-electron chi connectivity index (χ1n) is 7.48. The van der Waals surface area contributed by atoms with Gasteiger partial charge < -0.3 is 15.0 Å². The quantitative estimate of drug-likeness (QED) is 0.915. The fourth-order valence-corrected chi connectivity index (χ4v) is 4.40. The fourth-order valence-electron chi connectivity index (χ4n) is 2.93. The normalized spacial score (nSPS) is 21.9. The molecule has 0 aliphatic carbocycles. The summed E-state index contributed by atoms with van der Waals surface area (Å²) < 4.78 is 20.3. The minimum absolute atomic E-state index is 0.0427. The average molecular weight is 357 g/mol. The van der Waals surface area contributed by atoms with Gasteiger partial charge in [0.25, 0.3) is 5.91 Å². The van der Waals surface area contributed by atoms with Crippen LogP contribution in [-0.4, -0.2) is 49.7 Å². The summed E-state index contributed by atoms with van der Waals surface area (Å²) in [7, 11) is 1.99. The lowest BCUT2D eigenvalue weighted by Crippen LogP contribution is -2.43. The van der Waals surface area contributed by atoms with Crippen LogP contribution in [-0.2, 0) is 4.74 Å². The van der Waals surface area contributed by atoms with E-state index in [0.717, 1.165) is 6.54 Å². The molecule has 0 radical (unpaired) electrons. The summed E-state index contributed by atoms with van der Waals surface area (Å²) in [5.41, 5.74) is 0. The van der Waals surface area contributed by atoms with E-state index < -0.39 is 5.82 Å². The van der Waals surface area contributed by atoms with Crippen molar-refractivity contribution in [3.63, 3.8) is 0 Å². The maximum Gasteiger partial charge on any atom is 0.263 e. The monoisotopic (exact) mass is 356 g/mol. The number of carbonyl (C=O) groups is 1. The van der Waals surface area contributed by atoms with E-state index in [1.165, 1.54) is 17.4 Å². The van der Waals surface area contributed by atoms with Crippen LogP contribution in [0.15, 0.2) is 18.2 Å². The average Bonchev–Trinajstić information content (AvgIpc) is 3.01. The zero-order valence-electron chi connectivity index (χ0n) is 12.9. The van der Waals surface area contributed by atoms with E-state index in [0.29, 0.717) is 28.1 Å². The minimum Gasteiger partial charge on any atom is -0.375 e. The Bertz CT molecular complexity index is 736. The molecule has 1 amide bonds. The van der Waals surface area contributed by atoms with E-state index >= 15 is 0 Å². The highest BCUT2D eigenvalue weighted by Crippen LogP contribution is 2.36. The second-order valence-electron chi connectivity index (χ2n) is 5.65. The van der Waals surface area contributed by atoms with Crippen LogP contribution in [0.3, 0.4) is 0 Å². The van der Waals surface area contributed by atoms with Crippen molar-refractivity contribution in [3.05, 3.63) is 33.9 Å². The number of amides is 1. The van der Waals surface area contributed by atoms with E-state index in [9.17, 15) is 9.18 Å². The Morgan fingerprint density at radius 3 is 3.00 bits per heavy atom. The highest BCUT2D eigenvalue weighted by atomic mass is 35.5. The first-order valence-corrected chi connectivity index (χ1v) is 8.68. The van der Waals surface area contributed by atoms with Crippen molar-refractivity contribution in [2.45, 2.75) is 19.1 Å². The largest absolute Gasteiger partial charge is 0.375 e. The van der Waals surface area contributed by atoms with Crippen LogP contribution in [0, 0.1) is 5.82 Å². The van der Waals surface area contributed by atoms with E-state index in [2.05, 4.69) is 10.2 Å². The Morgan fingerprint density at radius 2 is 2.30 bits per heavy atom. The second kappa shape index (κ2) is 6.73. The number of rotatable bonds is 4. The summed E-state index contributed by atoms with van der Waals surface area (Å²) in [6.45, 7) is 4.02. The molecule has 23 heavy (non-hydrogen) atoms. The van der Waals surface area contributed by atoms with Crippen LogP contribution < -0.4 is 5.32 Å². The molecule has 1 aromatic heterocycles. The number of nitrogens with zero attached hydrogens (tertiary/aromatic N) is 1. The third-order valence-electron chi connectivity index (χ3n) is 3.96. The zero-order chi connectivity index (χ0) is 16.6. The number of thiophene rings is 1. The number of benzene rings is 1. The number of carbonyl (C=O) groups excluding carboxylic acids is 1. The van der Waals surface area contributed by atoms with Crippen LogP contribution in [0.4, 0.5) is 4.39 Å². The summed E-state index contributed by atoms with van der Waals surface area (Å²) in [5, 5.41) is 3.47. The van der Waals surface area contributed by atoms with Gasteiger partial charge in [0.1, 0.15) is 10.7 Å². The number of fused-ring (bicyclic) bond motifs is 1. The van der Waals surface area contributed by atoms with E-state index in [4.69, 9.17) is 16.3 Å². The van der Waals surface area contributed by atoms with E-state index in [1.54, 1.807) is 12.1 Å². The van der Waals surface area contributed by atoms with Gasteiger partial charge in [0.05, 0.1) is 17.2 Å². The smallest absolute Gasteiger partial charge is 0.263 e. The molecule has 2 aromatic rings. The Labute approximate surface area is 143 Å². The third-order valence-corrected chi connectivity index (χ3v) is 5.60. The summed E-state index contributed by atoms with van der Waals surface area (Å²) in [6.07, 6.45) is -0.0427. The number of ether oxygens (including phenoxy) is 1. The topological polar surface area (TPSA) is 41.6 Å². The summed E-state index contributed by atoms with van der Waals surface area (Å²) in [4.78, 5) is 15.0. The maximum atomic E-state index is 13.9. The van der Waals surface area contributed by atoms with Crippen LogP contribution in [0.5, 0.6) is 0 Å². The van der Waals surface area contributed by atoms with Crippen LogP contribution in [0.1, 0.15) is 16.6 Å². The van der Waals surface area contributed by atoms with E-state index in [-0.39, 0.29) is 23.1 Å². The standard InChI is InChI=1S/C16H18ClFN2O2S/c1-3-22-11-8-20(2)7-10(11)19-16(21)15-14(17)13-9(18)5-4-6-12(13)23-15/h4-6,10-11H,3,7-8H2,1-2H3,(H,19,21)/t10-,11-/m0/s1. The summed E-state index contributed by atoms with van der Waals surface area (Å²) in [5.74, 6) is -0.684. The van der Waals surface area contributed by atoms with Gasteiger partial charge in [-0.1, -0.05) is 17.7 Å². The van der Waals surface area contributed by atoms with Crippen molar-refractivity contribution < 1.29 is 13.9 Å². The molecule has 7 heteroatoms. The van der Waals surface area contributed by atoms with Gasteiger partial charge in [0, 0.05) is 29.8 Å². The molecule has 1 fully saturated rings. The van der Waals surface area contributed by atoms with Gasteiger partial charge in [-0.05, 0) is 26.1 Å². The van der Waals surface area contributed by atoms with Crippen LogP contribution in [0.2, 0.25) is 5.02 Å². The van der Waals surface area contributed by atoms with Gasteiger partial charge in [0.2, 0.25) is 0 Å². The minimum atomic E-state index is -0.407. The predicted octanol–water partition coefficient (Wildman–Crippen LogP) is 3.14. The highest BCUT2D eigenvalue weighted by molar-refractivity contribution is 7.21. The predicted molar refractivity (Wildman–Crippen MR) is 91.0 cm³/mol. The number of halogens is 2. The molecule has 1 aromatic carbocycles. The Balaban J connectivity index is 1.83. The molecule has 1 aliphatic rings. The number of likely N-dealkylation sites (tertiary alicyclic amines) is 1. The number of hydrogen-bond donors (Lipinski definition) is 1. The van der Waals surface area contributed by atoms with Crippen LogP contribution in [0.25, 0.3) is 10.1 Å². The van der Waals surface area contributed by atoms with Gasteiger partial charge in [-0.25, -0.2) is 4.39 Å². The van der Waals surface area contributed by atoms with Gasteiger partial charge in [-0.15, -0.1) is 11.3 Å². The van der Waals surface area contributed by atoms with Crippen molar-refractivity contribution >= 4 is 38.9 Å². The Hall–Kier alpha value is -1.21. The summed E-state index contributed by atoms with van der Waals surface area (Å²) in [6, 6.07) is 4.62. The van der Waals surface area contributed by atoms with Crippen molar-refractivity contribution in [1.29, 1.82) is 0 Å². The molecule has 1 saturated heterocycles. The fraction of sp³-hybridized carbons (Fsp3) is 0.438. The van der Waals surface area contributed by atoms with E-state index in [1.807, 2.05) is 14.0 Å². The molecule has 0 spiro atoms. The van der Waals surface area contributed by atoms with Crippen molar-refractivity contribution in [2.24, 2.45) is 0 Å². The molecule has 0 unspecified atom stereocenters. The zero-order valence-corrected chi connectivity index (χ0v) is 14.5. The lowest BCUT2D eigenvalue weighted by atomic mass is 10.2. The number of nitrogens with one attached hydrogen (secondary N) is 1. The number of likely N-dealkylation sites (N-methyl/N-ethyl adjacent to an activating group) is 1. The second-order valence-corrected chi connectivity index (χ2v) is 7.08. The van der Waals surface area contributed by atoms with Gasteiger partial charge in [-0.2, -0.15) is 0 Å². The molecule has 4 nitrogen and oxygen atoms in total. The van der Waals surface area contributed by atoms with Gasteiger partial charge >= 0.3 is 0 Å². The highest BCUT2D eigenvalue weighted by Gasteiger charge is 2.33. The Morgan fingerprint density at radius 1 is 1.52 bits per heavy atom. The van der Waals surface area contributed by atoms with Gasteiger partial charge in [-0.3, -0.25) is 4.79 Å². The van der Waals surface area contributed by atoms with Crippen molar-refractivity contribution in [1.82, 2.24) is 10.2 Å². The molecule has 3 rings (SSSR count). The molecule has 1 N–H and O–H groups in total. The Kier molecular flexibility index (Phi) is 4.87. The van der Waals surface area contributed by atoms with Crippen molar-refractivity contribution in [2.75, 3.05) is 26.7 Å². The molecular formula is C16H18ClFN2O2S.